The Morgan fingerprint density at radius 3 is 2.37 bits per heavy atom. The number of benzene rings is 1. The minimum atomic E-state index is -0.210. The monoisotopic (exact) mass is 372 g/mol. The first-order valence-corrected chi connectivity index (χ1v) is 10.2. The molecule has 0 bridgehead atoms. The van der Waals surface area contributed by atoms with E-state index in [4.69, 9.17) is 0 Å². The minimum Gasteiger partial charge on any atom is -0.339 e. The van der Waals surface area contributed by atoms with Crippen LogP contribution in [0.25, 0.3) is 0 Å². The predicted molar refractivity (Wildman–Crippen MR) is 111 cm³/mol. The van der Waals surface area contributed by atoms with Crippen LogP contribution in [0.4, 0.5) is 0 Å². The van der Waals surface area contributed by atoms with Crippen molar-refractivity contribution in [3.05, 3.63) is 35.4 Å². The van der Waals surface area contributed by atoms with Gasteiger partial charge in [-0.25, -0.2) is 0 Å². The highest BCUT2D eigenvalue weighted by Gasteiger charge is 2.42. The van der Waals surface area contributed by atoms with Gasteiger partial charge >= 0.3 is 0 Å². The van der Waals surface area contributed by atoms with Gasteiger partial charge in [0.25, 0.3) is 0 Å². The van der Waals surface area contributed by atoms with E-state index in [-0.39, 0.29) is 17.5 Å². The smallest absolute Gasteiger partial charge is 0.244 e. The summed E-state index contributed by atoms with van der Waals surface area (Å²) in [5, 5.41) is 0. The molecule has 0 aliphatic carbocycles. The highest BCUT2D eigenvalue weighted by atomic mass is 16.2. The van der Waals surface area contributed by atoms with Crippen LogP contribution in [0.15, 0.2) is 24.3 Å². The molecule has 1 amide bonds. The van der Waals surface area contributed by atoms with Crippen molar-refractivity contribution in [3.8, 4) is 0 Å². The summed E-state index contributed by atoms with van der Waals surface area (Å²) in [7, 11) is 8.49. The zero-order chi connectivity index (χ0) is 19.6. The Morgan fingerprint density at radius 1 is 1.07 bits per heavy atom. The zero-order valence-electron chi connectivity index (χ0n) is 17.7. The molecule has 0 saturated carbocycles. The fourth-order valence-electron chi connectivity index (χ4n) is 4.75. The van der Waals surface area contributed by atoms with E-state index in [1.807, 2.05) is 26.2 Å². The van der Waals surface area contributed by atoms with Gasteiger partial charge in [-0.1, -0.05) is 24.3 Å². The molecule has 2 fully saturated rings. The van der Waals surface area contributed by atoms with Crippen LogP contribution in [0.3, 0.4) is 0 Å². The van der Waals surface area contributed by atoms with E-state index in [0.717, 1.165) is 57.5 Å². The van der Waals surface area contributed by atoms with Crippen LogP contribution < -0.4 is 0 Å². The van der Waals surface area contributed by atoms with Crippen LogP contribution in [0.5, 0.6) is 0 Å². The number of carbonyl (C=O) groups excluding carboxylic acids is 1. The van der Waals surface area contributed by atoms with Crippen molar-refractivity contribution < 1.29 is 4.79 Å². The van der Waals surface area contributed by atoms with E-state index in [1.165, 1.54) is 5.56 Å². The van der Waals surface area contributed by atoms with Crippen molar-refractivity contribution in [3.63, 3.8) is 0 Å². The second-order valence-electron chi connectivity index (χ2n) is 8.79. The summed E-state index contributed by atoms with van der Waals surface area (Å²) in [5.74, 6) is 0.253. The molecule has 1 atom stereocenters. The maximum Gasteiger partial charge on any atom is 0.244 e. The molecule has 2 aliphatic rings. The number of nitrogens with zero attached hydrogens (tertiary/aromatic N) is 4. The van der Waals surface area contributed by atoms with Gasteiger partial charge in [0.05, 0.1) is 0 Å². The lowest BCUT2D eigenvalue weighted by atomic mass is 9.85. The van der Waals surface area contributed by atoms with Gasteiger partial charge in [0.2, 0.25) is 5.91 Å². The highest BCUT2D eigenvalue weighted by molar-refractivity contribution is 5.84. The number of amides is 1. The van der Waals surface area contributed by atoms with E-state index in [2.05, 4.69) is 52.8 Å². The number of rotatable bonds is 3. The molecular formula is C22H36N4O. The number of piperidine rings is 1. The molecule has 1 aromatic rings. The third-order valence-corrected chi connectivity index (χ3v) is 6.68. The normalized spacial score (nSPS) is 22.8. The van der Waals surface area contributed by atoms with Crippen LogP contribution in [0, 0.1) is 6.92 Å². The Kier molecular flexibility index (Phi) is 6.24. The Morgan fingerprint density at radius 2 is 1.74 bits per heavy atom. The van der Waals surface area contributed by atoms with E-state index in [1.54, 1.807) is 0 Å². The average Bonchev–Trinajstić information content (AvgIpc) is 2.79. The molecule has 5 heteroatoms. The number of hydrogen-bond donors (Lipinski definition) is 0. The van der Waals surface area contributed by atoms with E-state index in [9.17, 15) is 4.79 Å². The van der Waals surface area contributed by atoms with E-state index < -0.39 is 0 Å². The molecule has 1 unspecified atom stereocenters. The molecule has 2 aliphatic heterocycles. The lowest BCUT2D eigenvalue weighted by molar-refractivity contribution is -0.138. The topological polar surface area (TPSA) is 30.0 Å². The van der Waals surface area contributed by atoms with Crippen molar-refractivity contribution in [1.29, 1.82) is 0 Å². The molecule has 0 aromatic heterocycles. The zero-order valence-corrected chi connectivity index (χ0v) is 17.7. The van der Waals surface area contributed by atoms with Gasteiger partial charge in [-0.2, -0.15) is 0 Å². The molecule has 3 rings (SSSR count). The summed E-state index contributed by atoms with van der Waals surface area (Å²) in [5.41, 5.74) is 2.44. The van der Waals surface area contributed by atoms with Gasteiger partial charge in [0, 0.05) is 25.2 Å². The van der Waals surface area contributed by atoms with Gasteiger partial charge in [-0.3, -0.25) is 14.6 Å². The van der Waals surface area contributed by atoms with Crippen LogP contribution in [0.1, 0.15) is 36.4 Å². The fraction of sp³-hybridized carbons (Fsp3) is 0.682. The summed E-state index contributed by atoms with van der Waals surface area (Å²) in [4.78, 5) is 22.9. The molecule has 2 heterocycles. The molecule has 2 saturated heterocycles. The third-order valence-electron chi connectivity index (χ3n) is 6.68. The Labute approximate surface area is 164 Å². The summed E-state index contributed by atoms with van der Waals surface area (Å²) in [6.07, 6.45) is 3.33. The first-order chi connectivity index (χ1) is 12.8. The molecule has 0 N–H and O–H groups in total. The Bertz CT molecular complexity index is 651. The van der Waals surface area contributed by atoms with Gasteiger partial charge in [-0.05, 0) is 78.6 Å². The van der Waals surface area contributed by atoms with Crippen molar-refractivity contribution in [2.75, 3.05) is 60.9 Å². The number of likely N-dealkylation sites (tertiary alicyclic amines) is 1. The maximum absolute atomic E-state index is 13.7. The summed E-state index contributed by atoms with van der Waals surface area (Å²) >= 11 is 0. The van der Waals surface area contributed by atoms with E-state index in [0.29, 0.717) is 0 Å². The number of hydrogen-bond acceptors (Lipinski definition) is 4. The van der Waals surface area contributed by atoms with Gasteiger partial charge in [-0.15, -0.1) is 0 Å². The fourth-order valence-corrected chi connectivity index (χ4v) is 4.75. The van der Waals surface area contributed by atoms with Gasteiger partial charge in [0.15, 0.2) is 0 Å². The van der Waals surface area contributed by atoms with E-state index >= 15 is 0 Å². The standard InChI is InChI=1S/C22H36N4O/c1-18-9-6-7-10-19(18)20(23(2)3)21(27)26-14-8-13-25(5)22(17-26)11-15-24(4)16-12-22/h6-7,9-10,20H,8,11-17H2,1-5H3. The lowest BCUT2D eigenvalue weighted by Gasteiger charge is -2.47. The maximum atomic E-state index is 13.7. The average molecular weight is 373 g/mol. The van der Waals surface area contributed by atoms with Crippen molar-refractivity contribution in [2.45, 2.75) is 37.8 Å². The van der Waals surface area contributed by atoms with Gasteiger partial charge in [0.1, 0.15) is 6.04 Å². The summed E-state index contributed by atoms with van der Waals surface area (Å²) in [6.45, 7) is 7.12. The third kappa shape index (κ3) is 4.20. The van der Waals surface area contributed by atoms with Crippen LogP contribution in [-0.4, -0.2) is 92.0 Å². The number of aryl methyl sites for hydroxylation is 1. The summed E-state index contributed by atoms with van der Waals surface area (Å²) in [6, 6.07) is 8.09. The lowest BCUT2D eigenvalue weighted by Crippen LogP contribution is -2.58. The Hall–Kier alpha value is -1.43. The first kappa shape index (κ1) is 20.3. The first-order valence-electron chi connectivity index (χ1n) is 10.2. The second-order valence-corrected chi connectivity index (χ2v) is 8.79. The molecular weight excluding hydrogens is 336 g/mol. The number of carbonyl (C=O) groups is 1. The van der Waals surface area contributed by atoms with Crippen molar-refractivity contribution >= 4 is 5.91 Å². The predicted octanol–water partition coefficient (Wildman–Crippen LogP) is 2.23. The minimum absolute atomic E-state index is 0.126. The summed E-state index contributed by atoms with van der Waals surface area (Å²) < 4.78 is 0. The molecule has 5 nitrogen and oxygen atoms in total. The van der Waals surface area contributed by atoms with Crippen LogP contribution >= 0.6 is 0 Å². The SMILES string of the molecule is Cc1ccccc1C(C(=O)N1CCCN(C)C2(CCN(C)CC2)C1)N(C)C. The Balaban J connectivity index is 1.86. The highest BCUT2D eigenvalue weighted by Crippen LogP contribution is 2.33. The molecule has 1 spiro atoms. The molecule has 150 valence electrons. The van der Waals surface area contributed by atoms with Crippen LogP contribution in [-0.2, 0) is 4.79 Å². The van der Waals surface area contributed by atoms with Crippen LogP contribution in [0.2, 0.25) is 0 Å². The number of likely N-dealkylation sites (N-methyl/N-ethyl adjacent to an activating group) is 2. The molecule has 27 heavy (non-hydrogen) atoms. The van der Waals surface area contributed by atoms with Gasteiger partial charge < -0.3 is 9.80 Å². The quantitative estimate of drug-likeness (QED) is 0.814. The second kappa shape index (κ2) is 8.29. The van der Waals surface area contributed by atoms with Crippen molar-refractivity contribution in [2.24, 2.45) is 0 Å². The molecule has 0 radical (unpaired) electrons. The van der Waals surface area contributed by atoms with Crippen molar-refractivity contribution in [1.82, 2.24) is 19.6 Å². The molecule has 1 aromatic carbocycles. The largest absolute Gasteiger partial charge is 0.339 e.